The van der Waals surface area contributed by atoms with E-state index in [0.717, 1.165) is 0 Å². The zero-order valence-corrected chi connectivity index (χ0v) is 10.1. The van der Waals surface area contributed by atoms with E-state index >= 15 is 0 Å². The molecule has 0 amide bonds. The summed E-state index contributed by atoms with van der Waals surface area (Å²) in [5.41, 5.74) is 6.08. The van der Waals surface area contributed by atoms with Crippen LogP contribution in [-0.2, 0) is 4.74 Å². The van der Waals surface area contributed by atoms with E-state index in [2.05, 4.69) is 4.98 Å². The molecule has 0 aliphatic carbocycles. The number of aromatic nitrogens is 2. The van der Waals surface area contributed by atoms with Crippen molar-refractivity contribution >= 4 is 17.4 Å². The fraction of sp³-hybridized carbons (Fsp3) is 0.333. The quantitative estimate of drug-likeness (QED) is 0.763. The summed E-state index contributed by atoms with van der Waals surface area (Å²) in [5, 5.41) is 0. The molecule has 0 aliphatic rings. The number of fused-ring (bicyclic) bond motifs is 1. The Morgan fingerprint density at radius 2 is 2.12 bits per heavy atom. The van der Waals surface area contributed by atoms with Gasteiger partial charge < -0.3 is 10.5 Å². The highest BCUT2D eigenvalue weighted by atomic mass is 16.6. The van der Waals surface area contributed by atoms with Gasteiger partial charge in [0.1, 0.15) is 5.60 Å². The van der Waals surface area contributed by atoms with Crippen LogP contribution < -0.4 is 5.73 Å². The molecule has 2 heterocycles. The number of ether oxygens (including phenoxy) is 1. The van der Waals surface area contributed by atoms with E-state index in [1.165, 1.54) is 0 Å². The maximum Gasteiger partial charge on any atom is 0.359 e. The van der Waals surface area contributed by atoms with Crippen molar-refractivity contribution in [3.63, 3.8) is 0 Å². The lowest BCUT2D eigenvalue weighted by Crippen LogP contribution is -2.24. The topological polar surface area (TPSA) is 69.6 Å². The summed E-state index contributed by atoms with van der Waals surface area (Å²) in [6.07, 6.45) is 1.76. The van der Waals surface area contributed by atoms with Crippen LogP contribution in [0.1, 0.15) is 31.3 Å². The molecular weight excluding hydrogens is 218 g/mol. The van der Waals surface area contributed by atoms with Crippen molar-refractivity contribution in [2.75, 3.05) is 5.73 Å². The fourth-order valence-electron chi connectivity index (χ4n) is 1.54. The second kappa shape index (κ2) is 3.76. The molecule has 0 radical (unpaired) electrons. The third-order valence-electron chi connectivity index (χ3n) is 2.17. The summed E-state index contributed by atoms with van der Waals surface area (Å²) in [6.45, 7) is 5.44. The average molecular weight is 233 g/mol. The molecule has 5 nitrogen and oxygen atoms in total. The Morgan fingerprint density at radius 1 is 1.41 bits per heavy atom. The number of carbonyl (C=O) groups excluding carboxylic acids is 1. The van der Waals surface area contributed by atoms with Gasteiger partial charge in [0.2, 0.25) is 5.95 Å². The Labute approximate surface area is 99.2 Å². The van der Waals surface area contributed by atoms with Crippen LogP contribution in [0, 0.1) is 0 Å². The first kappa shape index (κ1) is 11.4. The van der Waals surface area contributed by atoms with E-state index < -0.39 is 11.6 Å². The van der Waals surface area contributed by atoms with Gasteiger partial charge in [0.25, 0.3) is 0 Å². The Kier molecular flexibility index (Phi) is 2.53. The highest BCUT2D eigenvalue weighted by Crippen LogP contribution is 2.18. The van der Waals surface area contributed by atoms with Gasteiger partial charge in [-0.25, -0.2) is 9.78 Å². The molecule has 0 fully saturated rings. The number of rotatable bonds is 1. The molecule has 0 spiro atoms. The molecule has 2 rings (SSSR count). The Hall–Kier alpha value is -2.04. The molecule has 17 heavy (non-hydrogen) atoms. The number of anilines is 1. The smallest absolute Gasteiger partial charge is 0.359 e. The lowest BCUT2D eigenvalue weighted by molar-refractivity contribution is 0.00659. The van der Waals surface area contributed by atoms with Crippen molar-refractivity contribution in [3.8, 4) is 0 Å². The number of carbonyl (C=O) groups is 1. The molecule has 0 unspecified atom stereocenters. The predicted molar refractivity (Wildman–Crippen MR) is 64.8 cm³/mol. The first-order valence-corrected chi connectivity index (χ1v) is 5.34. The van der Waals surface area contributed by atoms with E-state index in [4.69, 9.17) is 10.5 Å². The van der Waals surface area contributed by atoms with Crippen molar-refractivity contribution in [2.24, 2.45) is 0 Å². The van der Waals surface area contributed by atoms with Gasteiger partial charge in [-0.1, -0.05) is 6.07 Å². The summed E-state index contributed by atoms with van der Waals surface area (Å²) >= 11 is 0. The SMILES string of the molecule is CC(C)(C)OC(=O)c1nc(N)n2ccccc12. The molecule has 0 aliphatic heterocycles. The molecule has 90 valence electrons. The molecule has 0 saturated heterocycles. The summed E-state index contributed by atoms with van der Waals surface area (Å²) in [5.74, 6) is -0.181. The Morgan fingerprint density at radius 3 is 2.76 bits per heavy atom. The highest BCUT2D eigenvalue weighted by molar-refractivity contribution is 5.96. The number of esters is 1. The van der Waals surface area contributed by atoms with Crippen LogP contribution >= 0.6 is 0 Å². The van der Waals surface area contributed by atoms with Gasteiger partial charge in [0.15, 0.2) is 5.69 Å². The predicted octanol–water partition coefficient (Wildman–Crippen LogP) is 1.87. The minimum atomic E-state index is -0.545. The molecule has 2 N–H and O–H groups in total. The van der Waals surface area contributed by atoms with Gasteiger partial charge in [-0.2, -0.15) is 0 Å². The van der Waals surface area contributed by atoms with Crippen LogP contribution in [0.5, 0.6) is 0 Å². The first-order chi connectivity index (χ1) is 7.88. The van der Waals surface area contributed by atoms with Crippen LogP contribution in [0.15, 0.2) is 24.4 Å². The Bertz CT molecular complexity index is 567. The van der Waals surface area contributed by atoms with Gasteiger partial charge in [0.05, 0.1) is 5.52 Å². The lowest BCUT2D eigenvalue weighted by atomic mass is 10.2. The molecule has 5 heteroatoms. The number of nitrogens with zero attached hydrogens (tertiary/aromatic N) is 2. The largest absolute Gasteiger partial charge is 0.455 e. The second-order valence-corrected chi connectivity index (χ2v) is 4.78. The zero-order chi connectivity index (χ0) is 12.6. The third kappa shape index (κ3) is 2.22. The zero-order valence-electron chi connectivity index (χ0n) is 10.1. The van der Waals surface area contributed by atoms with Gasteiger partial charge in [0, 0.05) is 6.20 Å². The van der Waals surface area contributed by atoms with E-state index in [0.29, 0.717) is 5.52 Å². The van der Waals surface area contributed by atoms with E-state index in [1.807, 2.05) is 32.9 Å². The van der Waals surface area contributed by atoms with Gasteiger partial charge >= 0.3 is 5.97 Å². The number of imidazole rings is 1. The van der Waals surface area contributed by atoms with Gasteiger partial charge in [-0.15, -0.1) is 0 Å². The monoisotopic (exact) mass is 233 g/mol. The minimum Gasteiger partial charge on any atom is -0.455 e. The maximum atomic E-state index is 11.9. The maximum absolute atomic E-state index is 11.9. The molecule has 0 aromatic carbocycles. The average Bonchev–Trinajstić information content (AvgIpc) is 2.55. The van der Waals surface area contributed by atoms with Crippen LogP contribution in [0.25, 0.3) is 5.52 Å². The van der Waals surface area contributed by atoms with Crippen molar-refractivity contribution in [1.82, 2.24) is 9.38 Å². The second-order valence-electron chi connectivity index (χ2n) is 4.78. The lowest BCUT2D eigenvalue weighted by Gasteiger charge is -2.18. The molecule has 2 aromatic rings. The van der Waals surface area contributed by atoms with E-state index in [-0.39, 0.29) is 11.6 Å². The molecule has 2 aromatic heterocycles. The number of pyridine rings is 1. The van der Waals surface area contributed by atoms with Gasteiger partial charge in [-0.3, -0.25) is 4.40 Å². The summed E-state index contributed by atoms with van der Waals surface area (Å²) in [4.78, 5) is 16.0. The summed E-state index contributed by atoms with van der Waals surface area (Å²) in [7, 11) is 0. The van der Waals surface area contributed by atoms with Crippen LogP contribution in [-0.4, -0.2) is 21.0 Å². The number of hydrogen-bond donors (Lipinski definition) is 1. The normalized spacial score (nSPS) is 11.7. The summed E-state index contributed by atoms with van der Waals surface area (Å²) in [6, 6.07) is 5.43. The minimum absolute atomic E-state index is 0.248. The van der Waals surface area contributed by atoms with Crippen molar-refractivity contribution in [2.45, 2.75) is 26.4 Å². The van der Waals surface area contributed by atoms with Crippen LogP contribution in [0.3, 0.4) is 0 Å². The van der Waals surface area contributed by atoms with Crippen LogP contribution in [0.4, 0.5) is 5.95 Å². The molecule has 0 atom stereocenters. The standard InChI is InChI=1S/C12H15N3O2/c1-12(2,3)17-10(16)9-8-6-4-5-7-15(8)11(13)14-9/h4-7H,1-3H3,(H2,13,14). The van der Waals surface area contributed by atoms with Crippen molar-refractivity contribution in [3.05, 3.63) is 30.1 Å². The molecule has 0 saturated carbocycles. The fourth-order valence-corrected chi connectivity index (χ4v) is 1.54. The van der Waals surface area contributed by atoms with Crippen molar-refractivity contribution in [1.29, 1.82) is 0 Å². The van der Waals surface area contributed by atoms with E-state index in [9.17, 15) is 4.79 Å². The Balaban J connectivity index is 2.46. The summed E-state index contributed by atoms with van der Waals surface area (Å²) < 4.78 is 6.93. The highest BCUT2D eigenvalue weighted by Gasteiger charge is 2.22. The third-order valence-corrected chi connectivity index (χ3v) is 2.17. The first-order valence-electron chi connectivity index (χ1n) is 5.34. The molecular formula is C12H15N3O2. The number of nitrogen functional groups attached to an aromatic ring is 1. The van der Waals surface area contributed by atoms with Gasteiger partial charge in [-0.05, 0) is 32.9 Å². The number of nitrogens with two attached hydrogens (primary N) is 1. The molecule has 0 bridgehead atoms. The number of hydrogen-bond acceptors (Lipinski definition) is 4. The van der Waals surface area contributed by atoms with E-state index in [1.54, 1.807) is 16.7 Å². The van der Waals surface area contributed by atoms with Crippen molar-refractivity contribution < 1.29 is 9.53 Å². The van der Waals surface area contributed by atoms with Crippen LogP contribution in [0.2, 0.25) is 0 Å².